The normalized spacial score (nSPS) is 19.6. The van der Waals surface area contributed by atoms with Crippen molar-refractivity contribution in [1.29, 1.82) is 0 Å². The maximum absolute atomic E-state index is 11.0. The molecule has 0 saturated carbocycles. The van der Waals surface area contributed by atoms with Crippen molar-refractivity contribution in [3.8, 4) is 0 Å². The lowest BCUT2D eigenvalue weighted by molar-refractivity contribution is -0.120. The van der Waals surface area contributed by atoms with Crippen LogP contribution in [0.4, 0.5) is 0 Å². The first kappa shape index (κ1) is 10.5. The Labute approximate surface area is 80.5 Å². The summed E-state index contributed by atoms with van der Waals surface area (Å²) in [4.78, 5) is 13.4. The highest BCUT2D eigenvalue weighted by molar-refractivity contribution is 5.76. The van der Waals surface area contributed by atoms with Crippen molar-refractivity contribution in [2.75, 3.05) is 26.2 Å². The molecule has 0 aromatic heterocycles. The van der Waals surface area contributed by atoms with E-state index in [0.717, 1.165) is 26.2 Å². The molecule has 0 bridgehead atoms. The number of unbranched alkanes of at least 4 members (excludes halogenated alkanes) is 2. The van der Waals surface area contributed by atoms with Crippen molar-refractivity contribution in [1.82, 2.24) is 10.2 Å². The lowest BCUT2D eigenvalue weighted by Crippen LogP contribution is -2.29. The SMILES string of the molecule is CCCCCN1CCNC(=O)CC1. The van der Waals surface area contributed by atoms with Crippen LogP contribution in [0.2, 0.25) is 0 Å². The topological polar surface area (TPSA) is 32.3 Å². The van der Waals surface area contributed by atoms with Gasteiger partial charge in [-0.2, -0.15) is 0 Å². The van der Waals surface area contributed by atoms with Crippen molar-refractivity contribution in [2.24, 2.45) is 0 Å². The highest BCUT2D eigenvalue weighted by atomic mass is 16.1. The van der Waals surface area contributed by atoms with E-state index in [1.165, 1.54) is 19.3 Å². The predicted molar refractivity (Wildman–Crippen MR) is 53.6 cm³/mol. The average molecular weight is 184 g/mol. The van der Waals surface area contributed by atoms with Gasteiger partial charge in [-0.05, 0) is 13.0 Å². The minimum absolute atomic E-state index is 0.206. The van der Waals surface area contributed by atoms with Gasteiger partial charge in [0.05, 0.1) is 0 Å². The fourth-order valence-corrected chi connectivity index (χ4v) is 1.62. The molecule has 1 saturated heterocycles. The highest BCUT2D eigenvalue weighted by Gasteiger charge is 2.11. The van der Waals surface area contributed by atoms with Crippen molar-refractivity contribution in [2.45, 2.75) is 32.6 Å². The van der Waals surface area contributed by atoms with Gasteiger partial charge >= 0.3 is 0 Å². The molecule has 1 heterocycles. The summed E-state index contributed by atoms with van der Waals surface area (Å²) >= 11 is 0. The Kier molecular flexibility index (Phi) is 4.83. The number of amides is 1. The van der Waals surface area contributed by atoms with E-state index in [4.69, 9.17) is 0 Å². The van der Waals surface area contributed by atoms with Gasteiger partial charge in [0.1, 0.15) is 0 Å². The maximum atomic E-state index is 11.0. The van der Waals surface area contributed by atoms with Crippen LogP contribution in [0.1, 0.15) is 32.6 Å². The number of hydrogen-bond donors (Lipinski definition) is 1. The molecule has 1 N–H and O–H groups in total. The quantitative estimate of drug-likeness (QED) is 0.661. The minimum Gasteiger partial charge on any atom is -0.355 e. The maximum Gasteiger partial charge on any atom is 0.221 e. The Morgan fingerprint density at radius 3 is 3.00 bits per heavy atom. The number of carbonyl (C=O) groups excluding carboxylic acids is 1. The van der Waals surface area contributed by atoms with Crippen LogP contribution in [0, 0.1) is 0 Å². The molecule has 1 rings (SSSR count). The van der Waals surface area contributed by atoms with Crippen molar-refractivity contribution in [3.05, 3.63) is 0 Å². The number of rotatable bonds is 4. The number of hydrogen-bond acceptors (Lipinski definition) is 2. The summed E-state index contributed by atoms with van der Waals surface area (Å²) in [5.74, 6) is 0.206. The Balaban J connectivity index is 2.14. The fraction of sp³-hybridized carbons (Fsp3) is 0.900. The monoisotopic (exact) mass is 184 g/mol. The molecule has 0 unspecified atom stereocenters. The Hall–Kier alpha value is -0.570. The minimum atomic E-state index is 0.206. The molecular formula is C10H20N2O. The van der Waals surface area contributed by atoms with E-state index in [9.17, 15) is 4.79 Å². The second-order valence-corrected chi connectivity index (χ2v) is 3.65. The van der Waals surface area contributed by atoms with Gasteiger partial charge in [-0.1, -0.05) is 19.8 Å². The molecule has 1 aliphatic heterocycles. The molecule has 0 aromatic carbocycles. The van der Waals surface area contributed by atoms with E-state index in [-0.39, 0.29) is 5.91 Å². The summed E-state index contributed by atoms with van der Waals surface area (Å²) in [6, 6.07) is 0. The zero-order valence-electron chi connectivity index (χ0n) is 8.51. The zero-order valence-corrected chi connectivity index (χ0v) is 8.51. The number of nitrogens with one attached hydrogen (secondary N) is 1. The van der Waals surface area contributed by atoms with Crippen LogP contribution < -0.4 is 5.32 Å². The lowest BCUT2D eigenvalue weighted by atomic mass is 10.2. The van der Waals surface area contributed by atoms with E-state index >= 15 is 0 Å². The van der Waals surface area contributed by atoms with Gasteiger partial charge in [0.25, 0.3) is 0 Å². The van der Waals surface area contributed by atoms with Gasteiger partial charge < -0.3 is 10.2 Å². The summed E-state index contributed by atoms with van der Waals surface area (Å²) in [5, 5.41) is 2.88. The average Bonchev–Trinajstić information content (AvgIpc) is 2.32. The van der Waals surface area contributed by atoms with E-state index < -0.39 is 0 Å². The molecule has 1 fully saturated rings. The highest BCUT2D eigenvalue weighted by Crippen LogP contribution is 2.01. The molecule has 76 valence electrons. The molecule has 0 radical (unpaired) electrons. The van der Waals surface area contributed by atoms with Crippen molar-refractivity contribution < 1.29 is 4.79 Å². The first-order chi connectivity index (χ1) is 6.33. The van der Waals surface area contributed by atoms with E-state index in [1.807, 2.05) is 0 Å². The standard InChI is InChI=1S/C10H20N2O/c1-2-3-4-7-12-8-5-10(13)11-6-9-12/h2-9H2,1H3,(H,11,13). The Morgan fingerprint density at radius 1 is 1.38 bits per heavy atom. The summed E-state index contributed by atoms with van der Waals surface area (Å²) in [7, 11) is 0. The second kappa shape index (κ2) is 5.97. The first-order valence-corrected chi connectivity index (χ1v) is 5.32. The predicted octanol–water partition coefficient (Wildman–Crippen LogP) is 0.998. The largest absolute Gasteiger partial charge is 0.355 e. The molecule has 0 aromatic rings. The fourth-order valence-electron chi connectivity index (χ4n) is 1.62. The molecule has 1 amide bonds. The molecule has 13 heavy (non-hydrogen) atoms. The number of nitrogens with zero attached hydrogens (tertiary/aromatic N) is 1. The van der Waals surface area contributed by atoms with Crippen LogP contribution in [-0.4, -0.2) is 37.0 Å². The molecule has 3 nitrogen and oxygen atoms in total. The molecule has 0 aliphatic carbocycles. The van der Waals surface area contributed by atoms with Crippen molar-refractivity contribution >= 4 is 5.91 Å². The molecule has 0 atom stereocenters. The third-order valence-corrected chi connectivity index (χ3v) is 2.48. The van der Waals surface area contributed by atoms with Gasteiger partial charge in [-0.15, -0.1) is 0 Å². The third-order valence-electron chi connectivity index (χ3n) is 2.48. The van der Waals surface area contributed by atoms with Crippen LogP contribution >= 0.6 is 0 Å². The van der Waals surface area contributed by atoms with Gasteiger partial charge in [0.2, 0.25) is 5.91 Å². The van der Waals surface area contributed by atoms with Crippen LogP contribution in [0.5, 0.6) is 0 Å². The van der Waals surface area contributed by atoms with E-state index in [2.05, 4.69) is 17.1 Å². The van der Waals surface area contributed by atoms with Crippen molar-refractivity contribution in [3.63, 3.8) is 0 Å². The van der Waals surface area contributed by atoms with Gasteiger partial charge in [0, 0.05) is 26.1 Å². The van der Waals surface area contributed by atoms with Crippen LogP contribution in [-0.2, 0) is 4.79 Å². The van der Waals surface area contributed by atoms with E-state index in [0.29, 0.717) is 6.42 Å². The third kappa shape index (κ3) is 4.27. The van der Waals surface area contributed by atoms with E-state index in [1.54, 1.807) is 0 Å². The van der Waals surface area contributed by atoms with Gasteiger partial charge in [0.15, 0.2) is 0 Å². The summed E-state index contributed by atoms with van der Waals surface area (Å²) in [5.41, 5.74) is 0. The first-order valence-electron chi connectivity index (χ1n) is 5.32. The van der Waals surface area contributed by atoms with Crippen LogP contribution in [0.3, 0.4) is 0 Å². The molecule has 3 heteroatoms. The van der Waals surface area contributed by atoms with Gasteiger partial charge in [-0.25, -0.2) is 0 Å². The second-order valence-electron chi connectivity index (χ2n) is 3.65. The smallest absolute Gasteiger partial charge is 0.221 e. The summed E-state index contributed by atoms with van der Waals surface area (Å²) < 4.78 is 0. The lowest BCUT2D eigenvalue weighted by Gasteiger charge is -2.18. The molecular weight excluding hydrogens is 164 g/mol. The molecule has 1 aliphatic rings. The summed E-state index contributed by atoms with van der Waals surface area (Å²) in [6.45, 7) is 6.16. The zero-order chi connectivity index (χ0) is 9.52. The van der Waals surface area contributed by atoms with Crippen LogP contribution in [0.25, 0.3) is 0 Å². The van der Waals surface area contributed by atoms with Gasteiger partial charge in [-0.3, -0.25) is 4.79 Å². The molecule has 0 spiro atoms. The Morgan fingerprint density at radius 2 is 2.23 bits per heavy atom. The summed E-state index contributed by atoms with van der Waals surface area (Å²) in [6.07, 6.45) is 4.51. The Bertz CT molecular complexity index is 159. The van der Waals surface area contributed by atoms with Crippen LogP contribution in [0.15, 0.2) is 0 Å². The number of carbonyl (C=O) groups is 1.